The van der Waals surface area contributed by atoms with E-state index in [4.69, 9.17) is 4.74 Å². The molecule has 3 heterocycles. The summed E-state index contributed by atoms with van der Waals surface area (Å²) in [5.74, 6) is 0.484. The summed E-state index contributed by atoms with van der Waals surface area (Å²) >= 11 is 1.36. The summed E-state index contributed by atoms with van der Waals surface area (Å²) in [5, 5.41) is 5.26. The molecule has 1 aromatic carbocycles. The molecule has 0 aliphatic heterocycles. The third-order valence-corrected chi connectivity index (χ3v) is 5.05. The number of aryl methyl sites for hydroxylation is 1. The van der Waals surface area contributed by atoms with Gasteiger partial charge >= 0.3 is 0 Å². The Labute approximate surface area is 172 Å². The first-order valence-electron chi connectivity index (χ1n) is 8.94. The average molecular weight is 402 g/mol. The van der Waals surface area contributed by atoms with E-state index in [9.17, 15) is 4.79 Å². The minimum Gasteiger partial charge on any atom is -0.497 e. The first-order valence-corrected chi connectivity index (χ1v) is 9.82. The van der Waals surface area contributed by atoms with Crippen LogP contribution in [0.2, 0.25) is 0 Å². The lowest BCUT2D eigenvalue weighted by Gasteiger charge is -2.09. The smallest absolute Gasteiger partial charge is 0.259 e. The number of ether oxygens (including phenoxy) is 1. The van der Waals surface area contributed by atoms with Crippen molar-refractivity contribution in [2.24, 2.45) is 0 Å². The van der Waals surface area contributed by atoms with Crippen LogP contribution in [0.5, 0.6) is 5.75 Å². The molecule has 0 atom stereocenters. The molecule has 0 spiro atoms. The maximum absolute atomic E-state index is 12.9. The summed E-state index contributed by atoms with van der Waals surface area (Å²) in [6.07, 6.45) is 1.67. The number of nitrogens with one attached hydrogen (secondary N) is 1. The Morgan fingerprint density at radius 2 is 1.83 bits per heavy atom. The van der Waals surface area contributed by atoms with Crippen LogP contribution in [0.3, 0.4) is 0 Å². The van der Waals surface area contributed by atoms with E-state index < -0.39 is 0 Å². The van der Waals surface area contributed by atoms with Gasteiger partial charge in [0.15, 0.2) is 5.13 Å². The lowest BCUT2D eigenvalue weighted by atomic mass is 10.1. The quantitative estimate of drug-likeness (QED) is 0.517. The minimum atomic E-state index is -0.262. The number of benzene rings is 1. The van der Waals surface area contributed by atoms with Gasteiger partial charge in [0.05, 0.1) is 24.1 Å². The SMILES string of the molecule is COc1ccc(-c2ncccc2C(=O)Nc2nc(-c3cccc(C)n3)cs2)cc1. The van der Waals surface area contributed by atoms with Crippen LogP contribution in [-0.4, -0.2) is 28.0 Å². The minimum absolute atomic E-state index is 0.262. The number of carbonyl (C=O) groups excluding carboxylic acids is 1. The fourth-order valence-corrected chi connectivity index (χ4v) is 3.57. The summed E-state index contributed by atoms with van der Waals surface area (Å²) in [6.45, 7) is 1.93. The van der Waals surface area contributed by atoms with Crippen molar-refractivity contribution < 1.29 is 9.53 Å². The molecule has 1 amide bonds. The van der Waals surface area contributed by atoms with Gasteiger partial charge in [0.2, 0.25) is 0 Å². The molecule has 4 aromatic rings. The van der Waals surface area contributed by atoms with E-state index in [0.717, 1.165) is 28.4 Å². The molecule has 0 aliphatic rings. The molecule has 0 unspecified atom stereocenters. The second-order valence-electron chi connectivity index (χ2n) is 6.28. The maximum atomic E-state index is 12.9. The highest BCUT2D eigenvalue weighted by atomic mass is 32.1. The molecule has 0 aliphatic carbocycles. The van der Waals surface area contributed by atoms with Gasteiger partial charge in [0.25, 0.3) is 5.91 Å². The molecule has 0 saturated heterocycles. The topological polar surface area (TPSA) is 77.0 Å². The molecule has 0 radical (unpaired) electrons. The number of nitrogens with zero attached hydrogens (tertiary/aromatic N) is 3. The van der Waals surface area contributed by atoms with Gasteiger partial charge in [0, 0.05) is 22.8 Å². The molecule has 144 valence electrons. The first-order chi connectivity index (χ1) is 14.1. The second-order valence-corrected chi connectivity index (χ2v) is 7.14. The van der Waals surface area contributed by atoms with Crippen molar-refractivity contribution in [3.8, 4) is 28.4 Å². The van der Waals surface area contributed by atoms with Gasteiger partial charge in [-0.1, -0.05) is 6.07 Å². The average Bonchev–Trinajstić information content (AvgIpc) is 3.22. The normalized spacial score (nSPS) is 10.6. The Balaban J connectivity index is 1.58. The lowest BCUT2D eigenvalue weighted by Crippen LogP contribution is -2.13. The van der Waals surface area contributed by atoms with Crippen molar-refractivity contribution in [2.45, 2.75) is 6.92 Å². The molecule has 0 bridgehead atoms. The predicted octanol–water partition coefficient (Wildman–Crippen LogP) is 4.84. The first kappa shape index (κ1) is 18.8. The van der Waals surface area contributed by atoms with E-state index in [1.165, 1.54) is 11.3 Å². The van der Waals surface area contributed by atoms with Gasteiger partial charge in [-0.2, -0.15) is 0 Å². The zero-order valence-electron chi connectivity index (χ0n) is 15.9. The van der Waals surface area contributed by atoms with Crippen LogP contribution in [0, 0.1) is 6.92 Å². The highest BCUT2D eigenvalue weighted by Gasteiger charge is 2.16. The number of hydrogen-bond acceptors (Lipinski definition) is 6. The molecule has 1 N–H and O–H groups in total. The zero-order valence-corrected chi connectivity index (χ0v) is 16.7. The predicted molar refractivity (Wildman–Crippen MR) is 114 cm³/mol. The van der Waals surface area contributed by atoms with Crippen molar-refractivity contribution in [1.82, 2.24) is 15.0 Å². The number of anilines is 1. The van der Waals surface area contributed by atoms with Crippen LogP contribution in [0.15, 0.2) is 66.2 Å². The fraction of sp³-hybridized carbons (Fsp3) is 0.0909. The number of rotatable bonds is 5. The Bertz CT molecular complexity index is 1160. The van der Waals surface area contributed by atoms with Crippen LogP contribution in [0.1, 0.15) is 16.1 Å². The van der Waals surface area contributed by atoms with Crippen molar-refractivity contribution in [3.05, 3.63) is 77.4 Å². The molecular formula is C22H18N4O2S. The van der Waals surface area contributed by atoms with E-state index in [0.29, 0.717) is 16.4 Å². The monoisotopic (exact) mass is 402 g/mol. The number of methoxy groups -OCH3 is 1. The number of amides is 1. The molecule has 3 aromatic heterocycles. The Morgan fingerprint density at radius 3 is 2.59 bits per heavy atom. The van der Waals surface area contributed by atoms with Crippen molar-refractivity contribution in [2.75, 3.05) is 12.4 Å². The van der Waals surface area contributed by atoms with Crippen LogP contribution < -0.4 is 10.1 Å². The van der Waals surface area contributed by atoms with E-state index in [2.05, 4.69) is 20.3 Å². The van der Waals surface area contributed by atoms with Crippen LogP contribution in [0.25, 0.3) is 22.6 Å². The van der Waals surface area contributed by atoms with Crippen molar-refractivity contribution in [1.29, 1.82) is 0 Å². The third kappa shape index (κ3) is 4.14. The summed E-state index contributed by atoms with van der Waals surface area (Å²) < 4.78 is 5.20. The largest absolute Gasteiger partial charge is 0.497 e. The van der Waals surface area contributed by atoms with Crippen molar-refractivity contribution in [3.63, 3.8) is 0 Å². The molecule has 0 saturated carbocycles. The van der Waals surface area contributed by atoms with Gasteiger partial charge in [-0.05, 0) is 55.5 Å². The summed E-state index contributed by atoms with van der Waals surface area (Å²) in [7, 11) is 1.61. The second kappa shape index (κ2) is 8.20. The number of aromatic nitrogens is 3. The van der Waals surface area contributed by atoms with Gasteiger partial charge in [-0.15, -0.1) is 11.3 Å². The fourth-order valence-electron chi connectivity index (χ4n) is 2.87. The maximum Gasteiger partial charge on any atom is 0.259 e. The summed E-state index contributed by atoms with van der Waals surface area (Å²) in [6, 6.07) is 16.7. The van der Waals surface area contributed by atoms with E-state index in [1.54, 1.807) is 25.4 Å². The molecule has 4 rings (SSSR count). The van der Waals surface area contributed by atoms with Crippen LogP contribution in [-0.2, 0) is 0 Å². The number of pyridine rings is 2. The van der Waals surface area contributed by atoms with Crippen LogP contribution in [0.4, 0.5) is 5.13 Å². The molecular weight excluding hydrogens is 384 g/mol. The number of hydrogen-bond donors (Lipinski definition) is 1. The van der Waals surface area contributed by atoms with Crippen molar-refractivity contribution >= 4 is 22.4 Å². The lowest BCUT2D eigenvalue weighted by molar-refractivity contribution is 0.102. The molecule has 0 fully saturated rings. The summed E-state index contributed by atoms with van der Waals surface area (Å²) in [5.41, 5.74) is 4.34. The highest BCUT2D eigenvalue weighted by molar-refractivity contribution is 7.14. The van der Waals surface area contributed by atoms with E-state index in [1.807, 2.05) is 54.8 Å². The molecule has 29 heavy (non-hydrogen) atoms. The Kier molecular flexibility index (Phi) is 5.31. The van der Waals surface area contributed by atoms with Gasteiger partial charge in [-0.25, -0.2) is 4.98 Å². The molecule has 6 nitrogen and oxygen atoms in total. The summed E-state index contributed by atoms with van der Waals surface area (Å²) in [4.78, 5) is 26.3. The van der Waals surface area contributed by atoms with Crippen LogP contribution >= 0.6 is 11.3 Å². The highest BCUT2D eigenvalue weighted by Crippen LogP contribution is 2.27. The molecule has 7 heteroatoms. The van der Waals surface area contributed by atoms with Gasteiger partial charge < -0.3 is 4.74 Å². The van der Waals surface area contributed by atoms with Gasteiger partial charge in [-0.3, -0.25) is 20.1 Å². The Morgan fingerprint density at radius 1 is 1.00 bits per heavy atom. The Hall–Kier alpha value is -3.58. The van der Waals surface area contributed by atoms with E-state index in [-0.39, 0.29) is 5.91 Å². The third-order valence-electron chi connectivity index (χ3n) is 4.29. The number of carbonyl (C=O) groups is 1. The zero-order chi connectivity index (χ0) is 20.2. The van der Waals surface area contributed by atoms with E-state index >= 15 is 0 Å². The number of thiazole rings is 1. The van der Waals surface area contributed by atoms with Gasteiger partial charge in [0.1, 0.15) is 11.4 Å². The standard InChI is InChI=1S/C22H18N4O2S/c1-14-5-3-7-18(24-14)19-13-29-22(25-19)26-21(27)17-6-4-12-23-20(17)15-8-10-16(28-2)11-9-15/h3-13H,1-2H3,(H,25,26,27).